The third-order valence-corrected chi connectivity index (χ3v) is 3.77. The minimum Gasteiger partial charge on any atom is -0.495 e. The molecule has 0 N–H and O–H groups in total. The highest BCUT2D eigenvalue weighted by Crippen LogP contribution is 2.38. The van der Waals surface area contributed by atoms with Crippen molar-refractivity contribution in [2.24, 2.45) is 0 Å². The van der Waals surface area contributed by atoms with Gasteiger partial charge >= 0.3 is 0 Å². The van der Waals surface area contributed by atoms with E-state index >= 15 is 0 Å². The first-order chi connectivity index (χ1) is 9.49. The molecule has 0 amide bonds. The number of carbonyl (C=O) groups is 1. The van der Waals surface area contributed by atoms with Gasteiger partial charge in [-0.3, -0.25) is 4.79 Å². The number of halogens is 1. The molecule has 1 heterocycles. The molecule has 1 aromatic heterocycles. The molecule has 0 unspecified atom stereocenters. The van der Waals surface area contributed by atoms with Crippen LogP contribution in [0, 0.1) is 13.8 Å². The van der Waals surface area contributed by atoms with Crippen LogP contribution in [0.25, 0.3) is 0 Å². The maximum absolute atomic E-state index is 12.6. The first kappa shape index (κ1) is 14.7. The van der Waals surface area contributed by atoms with Gasteiger partial charge in [0.15, 0.2) is 5.78 Å². The highest BCUT2D eigenvalue weighted by Gasteiger charge is 2.22. The fraction of sp³-hybridized carbons (Fsp3) is 0.267. The highest BCUT2D eigenvalue weighted by molar-refractivity contribution is 9.10. The largest absolute Gasteiger partial charge is 0.495 e. The Labute approximate surface area is 125 Å². The number of ketones is 1. The van der Waals surface area contributed by atoms with E-state index in [1.165, 1.54) is 7.11 Å². The molecule has 1 aromatic carbocycles. The second-order valence-corrected chi connectivity index (χ2v) is 5.11. The van der Waals surface area contributed by atoms with Crippen molar-refractivity contribution in [1.82, 2.24) is 0 Å². The van der Waals surface area contributed by atoms with Gasteiger partial charge in [0, 0.05) is 0 Å². The van der Waals surface area contributed by atoms with Crippen molar-refractivity contribution in [2.75, 3.05) is 14.2 Å². The Morgan fingerprint density at radius 1 is 1.15 bits per heavy atom. The van der Waals surface area contributed by atoms with E-state index in [4.69, 9.17) is 13.9 Å². The summed E-state index contributed by atoms with van der Waals surface area (Å²) in [6.45, 7) is 3.58. The van der Waals surface area contributed by atoms with Gasteiger partial charge in [0.25, 0.3) is 0 Å². The van der Waals surface area contributed by atoms with E-state index in [1.807, 2.05) is 6.92 Å². The lowest BCUT2D eigenvalue weighted by Gasteiger charge is -2.12. The summed E-state index contributed by atoms with van der Waals surface area (Å²) >= 11 is 3.39. The number of methoxy groups -OCH3 is 2. The van der Waals surface area contributed by atoms with Crippen LogP contribution in [0.4, 0.5) is 0 Å². The number of ether oxygens (including phenoxy) is 2. The van der Waals surface area contributed by atoms with Crippen molar-refractivity contribution in [3.05, 3.63) is 45.3 Å². The molecule has 5 heteroatoms. The zero-order valence-electron chi connectivity index (χ0n) is 11.7. The van der Waals surface area contributed by atoms with Crippen molar-refractivity contribution in [3.8, 4) is 11.5 Å². The molecule has 106 valence electrons. The molecule has 0 fully saturated rings. The van der Waals surface area contributed by atoms with Crippen molar-refractivity contribution < 1.29 is 18.7 Å². The number of hydrogen-bond donors (Lipinski definition) is 0. The molecule has 0 radical (unpaired) electrons. The van der Waals surface area contributed by atoms with E-state index in [2.05, 4.69) is 15.9 Å². The molecular weight excluding hydrogens is 324 g/mol. The van der Waals surface area contributed by atoms with Crippen molar-refractivity contribution >= 4 is 21.7 Å². The van der Waals surface area contributed by atoms with Gasteiger partial charge in [-0.1, -0.05) is 0 Å². The van der Waals surface area contributed by atoms with Gasteiger partial charge in [-0.05, 0) is 48.0 Å². The van der Waals surface area contributed by atoms with Gasteiger partial charge in [-0.15, -0.1) is 0 Å². The quantitative estimate of drug-likeness (QED) is 0.793. The maximum atomic E-state index is 12.6. The van der Waals surface area contributed by atoms with Crippen molar-refractivity contribution in [2.45, 2.75) is 13.8 Å². The predicted molar refractivity (Wildman–Crippen MR) is 78.9 cm³/mol. The molecule has 20 heavy (non-hydrogen) atoms. The fourth-order valence-electron chi connectivity index (χ4n) is 2.08. The van der Waals surface area contributed by atoms with Crippen LogP contribution in [0.5, 0.6) is 11.5 Å². The number of benzene rings is 1. The third-order valence-electron chi connectivity index (χ3n) is 3.02. The van der Waals surface area contributed by atoms with Gasteiger partial charge in [-0.2, -0.15) is 0 Å². The molecule has 0 spiro atoms. The molecule has 2 rings (SSSR count). The van der Waals surface area contributed by atoms with E-state index in [9.17, 15) is 4.79 Å². The monoisotopic (exact) mass is 338 g/mol. The van der Waals surface area contributed by atoms with Gasteiger partial charge in [0.1, 0.15) is 27.5 Å². The third kappa shape index (κ3) is 2.45. The van der Waals surface area contributed by atoms with Gasteiger partial charge in [-0.25, -0.2) is 0 Å². The molecular formula is C15H15BrO4. The van der Waals surface area contributed by atoms with E-state index in [0.29, 0.717) is 38.6 Å². The lowest BCUT2D eigenvalue weighted by Crippen LogP contribution is -2.05. The van der Waals surface area contributed by atoms with Crippen molar-refractivity contribution in [1.29, 1.82) is 0 Å². The first-order valence-electron chi connectivity index (χ1n) is 6.01. The number of aryl methyl sites for hydroxylation is 2. The van der Waals surface area contributed by atoms with Crippen LogP contribution in [-0.4, -0.2) is 20.0 Å². The Balaban J connectivity index is 2.55. The molecule has 4 nitrogen and oxygen atoms in total. The summed E-state index contributed by atoms with van der Waals surface area (Å²) < 4.78 is 16.6. The Morgan fingerprint density at radius 2 is 1.85 bits per heavy atom. The lowest BCUT2D eigenvalue weighted by molar-refractivity contribution is 0.103. The zero-order valence-corrected chi connectivity index (χ0v) is 13.3. The first-order valence-corrected chi connectivity index (χ1v) is 6.81. The predicted octanol–water partition coefficient (Wildman–Crippen LogP) is 3.91. The van der Waals surface area contributed by atoms with E-state index < -0.39 is 0 Å². The number of carbonyl (C=O) groups excluding carboxylic acids is 1. The highest BCUT2D eigenvalue weighted by atomic mass is 79.9. The summed E-state index contributed by atoms with van der Waals surface area (Å²) in [6, 6.07) is 5.14. The van der Waals surface area contributed by atoms with E-state index in [-0.39, 0.29) is 5.78 Å². The average molecular weight is 339 g/mol. The molecule has 0 atom stereocenters. The summed E-state index contributed by atoms with van der Waals surface area (Å²) in [5.74, 6) is 2.23. The number of rotatable bonds is 4. The van der Waals surface area contributed by atoms with Crippen LogP contribution in [0.2, 0.25) is 0 Å². The zero-order chi connectivity index (χ0) is 14.9. The second kappa shape index (κ2) is 5.71. The minimum atomic E-state index is -0.139. The maximum Gasteiger partial charge on any atom is 0.200 e. The molecule has 0 aliphatic heterocycles. The number of furan rings is 1. The molecule has 2 aromatic rings. The Bertz CT molecular complexity index is 658. The molecule has 0 saturated carbocycles. The normalized spacial score (nSPS) is 10.4. The molecule has 0 aliphatic rings. The van der Waals surface area contributed by atoms with Crippen LogP contribution in [0.1, 0.15) is 27.4 Å². The van der Waals surface area contributed by atoms with Gasteiger partial charge in [0.05, 0.1) is 25.3 Å². The van der Waals surface area contributed by atoms with Gasteiger partial charge < -0.3 is 13.9 Å². The van der Waals surface area contributed by atoms with Gasteiger partial charge in [0.2, 0.25) is 0 Å². The Morgan fingerprint density at radius 3 is 2.35 bits per heavy atom. The summed E-state index contributed by atoms with van der Waals surface area (Å²) in [5, 5.41) is 0. The van der Waals surface area contributed by atoms with E-state index in [0.717, 1.165) is 0 Å². The standard InChI is InChI=1S/C15H15BrO4/c1-8-7-11(9(2)20-8)14(17)10-5-6-12(18-3)13(16)15(10)19-4/h5-7H,1-4H3. The van der Waals surface area contributed by atoms with Crippen LogP contribution in [-0.2, 0) is 0 Å². The summed E-state index contributed by atoms with van der Waals surface area (Å²) in [6.07, 6.45) is 0. The summed E-state index contributed by atoms with van der Waals surface area (Å²) in [7, 11) is 3.08. The van der Waals surface area contributed by atoms with Crippen LogP contribution in [0.15, 0.2) is 27.1 Å². The fourth-order valence-corrected chi connectivity index (χ4v) is 2.74. The molecule has 0 aliphatic carbocycles. The number of hydrogen-bond acceptors (Lipinski definition) is 4. The second-order valence-electron chi connectivity index (χ2n) is 4.32. The summed E-state index contributed by atoms with van der Waals surface area (Å²) in [4.78, 5) is 12.6. The van der Waals surface area contributed by atoms with E-state index in [1.54, 1.807) is 32.2 Å². The van der Waals surface area contributed by atoms with Crippen molar-refractivity contribution in [3.63, 3.8) is 0 Å². The lowest BCUT2D eigenvalue weighted by atomic mass is 10.0. The SMILES string of the molecule is COc1ccc(C(=O)c2cc(C)oc2C)c(OC)c1Br. The van der Waals surface area contributed by atoms with Crippen LogP contribution >= 0.6 is 15.9 Å². The smallest absolute Gasteiger partial charge is 0.200 e. The molecule has 0 saturated heterocycles. The average Bonchev–Trinajstić information content (AvgIpc) is 2.76. The van der Waals surface area contributed by atoms with Crippen LogP contribution in [0.3, 0.4) is 0 Å². The summed E-state index contributed by atoms with van der Waals surface area (Å²) in [5.41, 5.74) is 1.00. The minimum absolute atomic E-state index is 0.139. The molecule has 0 bridgehead atoms. The topological polar surface area (TPSA) is 48.7 Å². The Hall–Kier alpha value is -1.75. The Kier molecular flexibility index (Phi) is 4.18. The van der Waals surface area contributed by atoms with Crippen LogP contribution < -0.4 is 9.47 Å².